The lowest BCUT2D eigenvalue weighted by Gasteiger charge is -2.38. The van der Waals surface area contributed by atoms with Crippen LogP contribution in [-0.4, -0.2) is 79.3 Å². The summed E-state index contributed by atoms with van der Waals surface area (Å²) in [5, 5.41) is 15.6. The Hall–Kier alpha value is -4.68. The first-order valence-electron chi connectivity index (χ1n) is 14.5. The third-order valence-electron chi connectivity index (χ3n) is 7.95. The van der Waals surface area contributed by atoms with Crippen LogP contribution in [0, 0.1) is 5.92 Å². The van der Waals surface area contributed by atoms with Crippen molar-refractivity contribution in [3.8, 4) is 28.7 Å². The van der Waals surface area contributed by atoms with Crippen LogP contribution in [0.4, 0.5) is 16.2 Å². The maximum atomic E-state index is 13.8. The topological polar surface area (TPSA) is 131 Å². The fourth-order valence-corrected chi connectivity index (χ4v) is 5.54. The maximum Gasteiger partial charge on any atom is 0.323 e. The number of amides is 3. The summed E-state index contributed by atoms with van der Waals surface area (Å²) in [6.07, 6.45) is -0.353. The van der Waals surface area contributed by atoms with Crippen LogP contribution in [-0.2, 0) is 6.54 Å². The molecular formula is C32H36N4O8. The quantitative estimate of drug-likeness (QED) is 0.347. The van der Waals surface area contributed by atoms with Gasteiger partial charge in [0.05, 0.1) is 23.9 Å². The number of urea groups is 1. The van der Waals surface area contributed by atoms with E-state index in [0.717, 1.165) is 17.1 Å². The lowest BCUT2D eigenvalue weighted by atomic mass is 9.99. The molecule has 0 fully saturated rings. The van der Waals surface area contributed by atoms with E-state index in [1.54, 1.807) is 41.3 Å². The molecule has 232 valence electrons. The highest BCUT2D eigenvalue weighted by Gasteiger charge is 2.34. The lowest BCUT2D eigenvalue weighted by Crippen LogP contribution is -2.49. The normalized spacial score (nSPS) is 19.1. The highest BCUT2D eigenvalue weighted by atomic mass is 16.7. The van der Waals surface area contributed by atoms with E-state index in [-0.39, 0.29) is 43.9 Å². The molecule has 44 heavy (non-hydrogen) atoms. The van der Waals surface area contributed by atoms with Crippen molar-refractivity contribution in [1.82, 2.24) is 9.80 Å². The number of likely N-dealkylation sites (N-methyl/N-ethyl adjacent to an activating group) is 1. The Morgan fingerprint density at radius 2 is 1.70 bits per heavy atom. The summed E-state index contributed by atoms with van der Waals surface area (Å²) in [4.78, 5) is 30.7. The summed E-state index contributed by atoms with van der Waals surface area (Å²) in [6.45, 7) is 5.55. The van der Waals surface area contributed by atoms with Gasteiger partial charge >= 0.3 is 6.03 Å². The Bertz CT molecular complexity index is 1550. The van der Waals surface area contributed by atoms with Crippen LogP contribution >= 0.6 is 0 Å². The van der Waals surface area contributed by atoms with E-state index in [1.165, 1.54) is 0 Å². The molecule has 3 atom stereocenters. The van der Waals surface area contributed by atoms with Gasteiger partial charge in [0.15, 0.2) is 28.7 Å². The van der Waals surface area contributed by atoms with Crippen molar-refractivity contribution in [3.63, 3.8) is 0 Å². The molecule has 6 rings (SSSR count). The zero-order valence-electron chi connectivity index (χ0n) is 24.9. The fourth-order valence-electron chi connectivity index (χ4n) is 5.54. The van der Waals surface area contributed by atoms with Crippen LogP contribution in [0.5, 0.6) is 28.7 Å². The molecule has 0 spiro atoms. The average Bonchev–Trinajstić information content (AvgIpc) is 3.68. The molecule has 3 N–H and O–H groups in total. The SMILES string of the molecule is C[C@@H]1CN([C@H](C)CO)C(=O)c2cccc(NC(=O)Nc3ccc4c(c3)OCO4)c2O[C@@H]1CN(C)Cc1ccc2c(c1)OCO2. The van der Waals surface area contributed by atoms with E-state index in [1.807, 2.05) is 39.1 Å². The van der Waals surface area contributed by atoms with Crippen molar-refractivity contribution in [3.05, 3.63) is 65.7 Å². The predicted molar refractivity (Wildman–Crippen MR) is 162 cm³/mol. The Balaban J connectivity index is 1.24. The minimum Gasteiger partial charge on any atom is -0.486 e. The number of rotatable bonds is 8. The van der Waals surface area contributed by atoms with Crippen LogP contribution in [0.15, 0.2) is 54.6 Å². The number of carbonyl (C=O) groups is 2. The molecule has 3 amide bonds. The first-order valence-corrected chi connectivity index (χ1v) is 14.5. The number of ether oxygens (including phenoxy) is 5. The van der Waals surface area contributed by atoms with Crippen molar-refractivity contribution < 1.29 is 38.4 Å². The van der Waals surface area contributed by atoms with Gasteiger partial charge in [0.25, 0.3) is 5.91 Å². The minimum atomic E-state index is -0.513. The Morgan fingerprint density at radius 1 is 1.00 bits per heavy atom. The molecule has 0 bridgehead atoms. The second-order valence-electron chi connectivity index (χ2n) is 11.3. The number of hydrogen-bond acceptors (Lipinski definition) is 9. The van der Waals surface area contributed by atoms with Crippen molar-refractivity contribution in [1.29, 1.82) is 0 Å². The Labute approximate surface area is 255 Å². The van der Waals surface area contributed by atoms with E-state index in [2.05, 4.69) is 15.5 Å². The number of hydrogen-bond donors (Lipinski definition) is 3. The van der Waals surface area contributed by atoms with E-state index in [4.69, 9.17) is 23.7 Å². The van der Waals surface area contributed by atoms with E-state index >= 15 is 0 Å². The number of anilines is 2. The summed E-state index contributed by atoms with van der Waals surface area (Å²) in [7, 11) is 2.00. The van der Waals surface area contributed by atoms with Crippen molar-refractivity contribution in [2.24, 2.45) is 5.92 Å². The van der Waals surface area contributed by atoms with Crippen LogP contribution < -0.4 is 34.3 Å². The molecule has 12 nitrogen and oxygen atoms in total. The summed E-state index contributed by atoms with van der Waals surface area (Å²) in [6, 6.07) is 15.2. The van der Waals surface area contributed by atoms with Crippen molar-refractivity contribution in [2.75, 3.05) is 51.0 Å². The highest BCUT2D eigenvalue weighted by molar-refractivity contribution is 6.04. The van der Waals surface area contributed by atoms with Crippen LogP contribution in [0.25, 0.3) is 0 Å². The van der Waals surface area contributed by atoms with Gasteiger partial charge in [-0.05, 0) is 55.9 Å². The molecule has 3 aromatic rings. The first-order chi connectivity index (χ1) is 21.3. The molecule has 12 heteroatoms. The predicted octanol–water partition coefficient (Wildman–Crippen LogP) is 4.14. The van der Waals surface area contributed by atoms with Gasteiger partial charge in [0.2, 0.25) is 13.6 Å². The number of para-hydroxylation sites is 1. The molecule has 0 unspecified atom stereocenters. The Morgan fingerprint density at radius 3 is 2.45 bits per heavy atom. The zero-order valence-corrected chi connectivity index (χ0v) is 24.9. The molecule has 0 saturated heterocycles. The first kappa shape index (κ1) is 29.4. The molecule has 0 radical (unpaired) electrons. The minimum absolute atomic E-state index is 0.101. The maximum absolute atomic E-state index is 13.8. The number of nitrogens with zero attached hydrogens (tertiary/aromatic N) is 2. The largest absolute Gasteiger partial charge is 0.486 e. The molecule has 3 aliphatic rings. The van der Waals surface area contributed by atoms with Gasteiger partial charge in [0.1, 0.15) is 6.10 Å². The van der Waals surface area contributed by atoms with Crippen LogP contribution in [0.2, 0.25) is 0 Å². The molecule has 0 aromatic heterocycles. The third kappa shape index (κ3) is 6.17. The summed E-state index contributed by atoms with van der Waals surface area (Å²) >= 11 is 0. The molecule has 0 saturated carbocycles. The molecule has 3 heterocycles. The summed E-state index contributed by atoms with van der Waals surface area (Å²) in [5.41, 5.74) is 2.23. The van der Waals surface area contributed by atoms with E-state index in [0.29, 0.717) is 48.1 Å². The van der Waals surface area contributed by atoms with Crippen molar-refractivity contribution >= 4 is 23.3 Å². The fraction of sp³-hybridized carbons (Fsp3) is 0.375. The van der Waals surface area contributed by atoms with Gasteiger partial charge in [-0.1, -0.05) is 19.1 Å². The third-order valence-corrected chi connectivity index (χ3v) is 7.95. The highest BCUT2D eigenvalue weighted by Crippen LogP contribution is 2.37. The van der Waals surface area contributed by atoms with Crippen LogP contribution in [0.1, 0.15) is 29.8 Å². The van der Waals surface area contributed by atoms with Gasteiger partial charge in [0, 0.05) is 37.3 Å². The average molecular weight is 605 g/mol. The smallest absolute Gasteiger partial charge is 0.323 e. The van der Waals surface area contributed by atoms with E-state index in [9.17, 15) is 14.7 Å². The second-order valence-corrected chi connectivity index (χ2v) is 11.3. The number of nitrogens with one attached hydrogen (secondary N) is 2. The van der Waals surface area contributed by atoms with Gasteiger partial charge in [-0.25, -0.2) is 4.79 Å². The number of fused-ring (bicyclic) bond motifs is 3. The number of aliphatic hydroxyl groups excluding tert-OH is 1. The van der Waals surface area contributed by atoms with Crippen molar-refractivity contribution in [2.45, 2.75) is 32.5 Å². The number of aliphatic hydroxyl groups is 1. The second kappa shape index (κ2) is 12.5. The zero-order chi connectivity index (χ0) is 30.8. The molecule has 3 aromatic carbocycles. The summed E-state index contributed by atoms with van der Waals surface area (Å²) in [5.74, 6) is 2.51. The van der Waals surface area contributed by atoms with Gasteiger partial charge < -0.3 is 44.3 Å². The van der Waals surface area contributed by atoms with Crippen LogP contribution in [0.3, 0.4) is 0 Å². The van der Waals surface area contributed by atoms with Gasteiger partial charge in [-0.15, -0.1) is 0 Å². The lowest BCUT2D eigenvalue weighted by molar-refractivity contribution is 0.0343. The monoisotopic (exact) mass is 604 g/mol. The van der Waals surface area contributed by atoms with Gasteiger partial charge in [-0.3, -0.25) is 9.69 Å². The molecular weight excluding hydrogens is 568 g/mol. The molecule has 0 aliphatic carbocycles. The molecule has 3 aliphatic heterocycles. The van der Waals surface area contributed by atoms with Gasteiger partial charge in [-0.2, -0.15) is 0 Å². The summed E-state index contributed by atoms with van der Waals surface area (Å²) < 4.78 is 28.4. The Kier molecular flexibility index (Phi) is 8.36. The number of benzene rings is 3. The number of carbonyl (C=O) groups excluding carboxylic acids is 2. The standard InChI is InChI=1S/C32H36N4O8/c1-19-13-36(20(2)16-37)31(38)23-5-4-6-24(34-32(39)33-22-8-10-26-28(12-22)43-18-41-26)30(23)44-29(19)15-35(3)14-21-7-9-25-27(11-21)42-17-40-25/h4-12,19-20,29,37H,13-18H2,1-3H3,(H2,33,34,39)/t19-,20-,29-/m1/s1. The van der Waals surface area contributed by atoms with E-state index < -0.39 is 12.1 Å².